The van der Waals surface area contributed by atoms with Gasteiger partial charge in [0.1, 0.15) is 0 Å². The molecule has 24 heavy (non-hydrogen) atoms. The molecule has 0 heterocycles. The maximum atomic E-state index is 10.9. The summed E-state index contributed by atoms with van der Waals surface area (Å²) in [7, 11) is 0. The first-order valence-electron chi connectivity index (χ1n) is 10.5. The Kier molecular flexibility index (Phi) is 17.9. The van der Waals surface area contributed by atoms with Crippen molar-refractivity contribution in [1.29, 1.82) is 0 Å². The second-order valence-electron chi connectivity index (χ2n) is 7.14. The summed E-state index contributed by atoms with van der Waals surface area (Å²) in [6.45, 7) is 8.52. The normalized spacial score (nSPS) is 11.0. The van der Waals surface area contributed by atoms with Crippen molar-refractivity contribution >= 4 is 5.97 Å². The molecule has 0 bridgehead atoms. The third-order valence-electron chi connectivity index (χ3n) is 4.85. The van der Waals surface area contributed by atoms with Crippen LogP contribution in [0.2, 0.25) is 0 Å². The van der Waals surface area contributed by atoms with Crippen LogP contribution >= 0.6 is 0 Å². The second-order valence-corrected chi connectivity index (χ2v) is 7.14. The van der Waals surface area contributed by atoms with Gasteiger partial charge in [-0.15, -0.1) is 0 Å². The van der Waals surface area contributed by atoms with E-state index in [1.165, 1.54) is 96.0 Å². The molecule has 0 saturated carbocycles. The molecule has 2 heteroatoms. The van der Waals surface area contributed by atoms with Gasteiger partial charge in [-0.2, -0.15) is 0 Å². The van der Waals surface area contributed by atoms with Crippen molar-refractivity contribution in [2.45, 2.75) is 110 Å². The van der Waals surface area contributed by atoms with E-state index in [1.54, 1.807) is 0 Å². The lowest BCUT2D eigenvalue weighted by Gasteiger charge is -2.17. The largest absolute Gasteiger partial charge is 0.463 e. The van der Waals surface area contributed by atoms with Crippen molar-refractivity contribution in [1.82, 2.24) is 0 Å². The minimum Gasteiger partial charge on any atom is -0.463 e. The summed E-state index contributed by atoms with van der Waals surface area (Å²) < 4.78 is 5.01. The Morgan fingerprint density at radius 2 is 1.25 bits per heavy atom. The molecular formula is C22H42O2. The minimum atomic E-state index is -0.297. The molecule has 0 N–H and O–H groups in total. The van der Waals surface area contributed by atoms with Gasteiger partial charge in [-0.1, -0.05) is 110 Å². The molecule has 0 aliphatic carbocycles. The summed E-state index contributed by atoms with van der Waals surface area (Å²) in [5, 5.41) is 0. The molecule has 0 fully saturated rings. The van der Waals surface area contributed by atoms with E-state index in [9.17, 15) is 4.79 Å². The Labute approximate surface area is 151 Å². The van der Waals surface area contributed by atoms with Gasteiger partial charge < -0.3 is 4.74 Å². The molecule has 0 rings (SSSR count). The Hall–Kier alpha value is -0.790. The lowest BCUT2D eigenvalue weighted by atomic mass is 9.90. The number of hydrogen-bond donors (Lipinski definition) is 0. The van der Waals surface area contributed by atoms with Crippen LogP contribution in [-0.4, -0.2) is 12.6 Å². The van der Waals surface area contributed by atoms with Crippen LogP contribution in [0.5, 0.6) is 0 Å². The van der Waals surface area contributed by atoms with Crippen LogP contribution in [0.1, 0.15) is 110 Å². The van der Waals surface area contributed by atoms with Gasteiger partial charge in [-0.3, -0.25) is 0 Å². The maximum absolute atomic E-state index is 10.9. The van der Waals surface area contributed by atoms with Crippen LogP contribution in [0, 0.1) is 5.92 Å². The van der Waals surface area contributed by atoms with Gasteiger partial charge in [-0.05, 0) is 12.3 Å². The van der Waals surface area contributed by atoms with Crippen LogP contribution in [0.25, 0.3) is 0 Å². The number of unbranched alkanes of at least 4 members (excludes halogenated alkanes) is 9. The number of rotatable bonds is 18. The number of ether oxygens (including phenoxy) is 1. The van der Waals surface area contributed by atoms with Gasteiger partial charge in [0.25, 0.3) is 0 Å². The minimum absolute atomic E-state index is 0.297. The van der Waals surface area contributed by atoms with E-state index in [0.29, 0.717) is 6.61 Å². The van der Waals surface area contributed by atoms with Crippen LogP contribution in [0.15, 0.2) is 12.7 Å². The van der Waals surface area contributed by atoms with Crippen molar-refractivity contribution in [3.8, 4) is 0 Å². The van der Waals surface area contributed by atoms with Crippen LogP contribution in [0.3, 0.4) is 0 Å². The van der Waals surface area contributed by atoms with Crippen molar-refractivity contribution in [2.24, 2.45) is 5.92 Å². The molecule has 142 valence electrons. The van der Waals surface area contributed by atoms with E-state index < -0.39 is 0 Å². The molecule has 0 unspecified atom stereocenters. The molecule has 0 aromatic rings. The van der Waals surface area contributed by atoms with Crippen molar-refractivity contribution in [3.05, 3.63) is 12.7 Å². The highest BCUT2D eigenvalue weighted by Crippen LogP contribution is 2.24. The first-order valence-corrected chi connectivity index (χ1v) is 10.5. The fraction of sp³-hybridized carbons (Fsp3) is 0.864. The van der Waals surface area contributed by atoms with Gasteiger partial charge >= 0.3 is 5.97 Å². The van der Waals surface area contributed by atoms with Gasteiger partial charge in [0.15, 0.2) is 0 Å². The highest BCUT2D eigenvalue weighted by molar-refractivity contribution is 5.81. The standard InChI is InChI=1S/C22H42O2/c1-4-7-9-13-17-21(18-14-10-8-5-2)19-15-11-12-16-20-24-22(23)6-3/h6,21H,3-5,7-20H2,1-2H3. The molecule has 0 amide bonds. The second kappa shape index (κ2) is 18.5. The smallest absolute Gasteiger partial charge is 0.330 e. The third-order valence-corrected chi connectivity index (χ3v) is 4.85. The number of esters is 1. The topological polar surface area (TPSA) is 26.3 Å². The van der Waals surface area contributed by atoms with E-state index >= 15 is 0 Å². The monoisotopic (exact) mass is 338 g/mol. The Morgan fingerprint density at radius 1 is 0.792 bits per heavy atom. The fourth-order valence-electron chi connectivity index (χ4n) is 3.27. The summed E-state index contributed by atoms with van der Waals surface area (Å²) in [6.07, 6.45) is 21.4. The SMILES string of the molecule is C=CC(=O)OCCCCCCC(CCCCCC)CCCCCC. The quantitative estimate of drug-likeness (QED) is 0.150. The molecule has 0 saturated heterocycles. The molecule has 0 aliphatic heterocycles. The van der Waals surface area contributed by atoms with Crippen LogP contribution in [0.4, 0.5) is 0 Å². The molecule has 2 nitrogen and oxygen atoms in total. The Balaban J connectivity index is 3.72. The molecule has 0 aromatic carbocycles. The lowest BCUT2D eigenvalue weighted by Crippen LogP contribution is -2.03. The average molecular weight is 339 g/mol. The van der Waals surface area contributed by atoms with E-state index in [0.717, 1.165) is 12.3 Å². The number of hydrogen-bond acceptors (Lipinski definition) is 2. The van der Waals surface area contributed by atoms with Gasteiger partial charge in [0.05, 0.1) is 6.61 Å². The summed E-state index contributed by atoms with van der Waals surface area (Å²) in [5.41, 5.74) is 0. The van der Waals surface area contributed by atoms with Crippen LogP contribution < -0.4 is 0 Å². The molecule has 0 atom stereocenters. The molecule has 0 aliphatic rings. The fourth-order valence-corrected chi connectivity index (χ4v) is 3.27. The van der Waals surface area contributed by atoms with Crippen molar-refractivity contribution in [3.63, 3.8) is 0 Å². The predicted octanol–water partition coefficient (Wildman–Crippen LogP) is 7.22. The van der Waals surface area contributed by atoms with Gasteiger partial charge in [-0.25, -0.2) is 4.79 Å². The number of carbonyl (C=O) groups excluding carboxylic acids is 1. The van der Waals surface area contributed by atoms with E-state index in [1.807, 2.05) is 0 Å². The Morgan fingerprint density at radius 3 is 1.71 bits per heavy atom. The van der Waals surface area contributed by atoms with Gasteiger partial charge in [0.2, 0.25) is 0 Å². The van der Waals surface area contributed by atoms with Crippen molar-refractivity contribution < 1.29 is 9.53 Å². The summed E-state index contributed by atoms with van der Waals surface area (Å²) in [6, 6.07) is 0. The zero-order valence-corrected chi connectivity index (χ0v) is 16.5. The summed E-state index contributed by atoms with van der Waals surface area (Å²) in [5.74, 6) is 0.645. The van der Waals surface area contributed by atoms with Crippen molar-refractivity contribution in [2.75, 3.05) is 6.61 Å². The first-order chi connectivity index (χ1) is 11.7. The molecule has 0 spiro atoms. The zero-order chi connectivity index (χ0) is 17.9. The lowest BCUT2D eigenvalue weighted by molar-refractivity contribution is -0.137. The van der Waals surface area contributed by atoms with E-state index in [2.05, 4.69) is 20.4 Å². The summed E-state index contributed by atoms with van der Waals surface area (Å²) >= 11 is 0. The van der Waals surface area contributed by atoms with E-state index in [-0.39, 0.29) is 5.97 Å². The average Bonchev–Trinajstić information content (AvgIpc) is 2.60. The first kappa shape index (κ1) is 23.2. The van der Waals surface area contributed by atoms with Gasteiger partial charge in [0, 0.05) is 6.08 Å². The maximum Gasteiger partial charge on any atom is 0.330 e. The molecule has 0 aromatic heterocycles. The summed E-state index contributed by atoms with van der Waals surface area (Å²) in [4.78, 5) is 10.9. The Bertz CT molecular complexity index is 274. The predicted molar refractivity (Wildman–Crippen MR) is 105 cm³/mol. The highest BCUT2D eigenvalue weighted by Gasteiger charge is 2.08. The number of carbonyl (C=O) groups is 1. The zero-order valence-electron chi connectivity index (χ0n) is 16.5. The van der Waals surface area contributed by atoms with Crippen LogP contribution in [-0.2, 0) is 9.53 Å². The molecule has 0 radical (unpaired) electrons. The highest BCUT2D eigenvalue weighted by atomic mass is 16.5. The van der Waals surface area contributed by atoms with E-state index in [4.69, 9.17) is 4.74 Å². The molecular weight excluding hydrogens is 296 g/mol. The third kappa shape index (κ3) is 16.1.